The molecule has 102 valence electrons. The molecule has 0 atom stereocenters. The molecule has 3 nitrogen and oxygen atoms in total. The number of nitrogens with zero attached hydrogens (tertiary/aromatic N) is 2. The molecule has 0 aliphatic carbocycles. The molecule has 0 bridgehead atoms. The molecule has 0 saturated carbocycles. The van der Waals surface area contributed by atoms with E-state index in [9.17, 15) is 4.39 Å². The van der Waals surface area contributed by atoms with Crippen LogP contribution in [0.25, 0.3) is 0 Å². The topological polar surface area (TPSA) is 29.9 Å². The van der Waals surface area contributed by atoms with Crippen LogP contribution in [0.4, 0.5) is 16.0 Å². The van der Waals surface area contributed by atoms with Crippen molar-refractivity contribution in [2.24, 2.45) is 5.92 Å². The molecule has 0 radical (unpaired) electrons. The van der Waals surface area contributed by atoms with E-state index in [0.717, 1.165) is 23.9 Å². The molecular formula is C14H17BrFN3. The molecule has 0 unspecified atom stereocenters. The number of aromatic nitrogens is 2. The maximum absolute atomic E-state index is 13.2. The third-order valence-electron chi connectivity index (χ3n) is 2.63. The molecule has 0 aliphatic heterocycles. The highest BCUT2D eigenvalue weighted by molar-refractivity contribution is 9.10. The monoisotopic (exact) mass is 325 g/mol. The fourth-order valence-corrected chi connectivity index (χ4v) is 2.26. The largest absolute Gasteiger partial charge is 0.326 e. The molecule has 1 aromatic heterocycles. The molecule has 5 heteroatoms. The highest BCUT2D eigenvalue weighted by Crippen LogP contribution is 2.23. The Morgan fingerprint density at radius 2 is 2.16 bits per heavy atom. The van der Waals surface area contributed by atoms with Gasteiger partial charge in [-0.3, -0.25) is 0 Å². The van der Waals surface area contributed by atoms with E-state index in [2.05, 4.69) is 44.6 Å². The van der Waals surface area contributed by atoms with Gasteiger partial charge in [0.25, 0.3) is 0 Å². The Hall–Kier alpha value is -1.36. The van der Waals surface area contributed by atoms with Gasteiger partial charge < -0.3 is 9.88 Å². The predicted octanol–water partition coefficient (Wildman–Crippen LogP) is 4.49. The highest BCUT2D eigenvalue weighted by Gasteiger charge is 2.08. The van der Waals surface area contributed by atoms with Crippen molar-refractivity contribution in [3.63, 3.8) is 0 Å². The molecule has 2 aromatic rings. The number of hydrogen-bond acceptors (Lipinski definition) is 2. The van der Waals surface area contributed by atoms with Gasteiger partial charge in [0, 0.05) is 18.4 Å². The molecule has 1 N–H and O–H groups in total. The van der Waals surface area contributed by atoms with Crippen LogP contribution in [0.3, 0.4) is 0 Å². The summed E-state index contributed by atoms with van der Waals surface area (Å²) in [6.45, 7) is 7.18. The smallest absolute Gasteiger partial charge is 0.207 e. The first-order valence-corrected chi connectivity index (χ1v) is 7.01. The summed E-state index contributed by atoms with van der Waals surface area (Å²) in [5.74, 6) is 1.05. The van der Waals surface area contributed by atoms with Crippen molar-refractivity contribution in [1.29, 1.82) is 0 Å². The first kappa shape index (κ1) is 14.1. The predicted molar refractivity (Wildman–Crippen MR) is 79.2 cm³/mol. The van der Waals surface area contributed by atoms with Crippen molar-refractivity contribution < 1.29 is 4.39 Å². The second-order valence-electron chi connectivity index (χ2n) is 5.01. The summed E-state index contributed by atoms with van der Waals surface area (Å²) < 4.78 is 15.7. The minimum absolute atomic E-state index is 0.271. The van der Waals surface area contributed by atoms with Gasteiger partial charge in [-0.05, 0) is 47.0 Å². The van der Waals surface area contributed by atoms with E-state index in [0.29, 0.717) is 10.4 Å². The summed E-state index contributed by atoms with van der Waals surface area (Å²) in [5, 5.41) is 3.22. The van der Waals surface area contributed by atoms with Crippen molar-refractivity contribution in [1.82, 2.24) is 9.55 Å². The number of nitrogens with one attached hydrogen (secondary N) is 1. The lowest BCUT2D eigenvalue weighted by Crippen LogP contribution is -2.07. The van der Waals surface area contributed by atoms with Crippen LogP contribution in [0.1, 0.15) is 19.5 Å². The standard InChI is InChI=1S/C14H17BrFN3/c1-9(2)7-19-8-10(3)17-14(19)18-11-4-5-13(16)12(15)6-11/h4-6,8-9H,7H2,1-3H3,(H,17,18). The summed E-state index contributed by atoms with van der Waals surface area (Å²) in [7, 11) is 0. The van der Waals surface area contributed by atoms with E-state index in [1.807, 2.05) is 13.1 Å². The molecule has 1 aromatic carbocycles. The minimum Gasteiger partial charge on any atom is -0.326 e. The summed E-state index contributed by atoms with van der Waals surface area (Å²) in [6.07, 6.45) is 2.01. The second kappa shape index (κ2) is 5.74. The number of imidazole rings is 1. The molecule has 0 fully saturated rings. The van der Waals surface area contributed by atoms with Gasteiger partial charge in [0.05, 0.1) is 10.2 Å². The number of rotatable bonds is 4. The number of hydrogen-bond donors (Lipinski definition) is 1. The molecule has 0 spiro atoms. The molecule has 2 rings (SSSR count). The van der Waals surface area contributed by atoms with Gasteiger partial charge in [-0.25, -0.2) is 9.37 Å². The van der Waals surface area contributed by atoms with Gasteiger partial charge in [0.1, 0.15) is 5.82 Å². The van der Waals surface area contributed by atoms with Gasteiger partial charge >= 0.3 is 0 Å². The van der Waals surface area contributed by atoms with E-state index in [1.54, 1.807) is 12.1 Å². The number of halogens is 2. The molecule has 1 heterocycles. The lowest BCUT2D eigenvalue weighted by molar-refractivity contribution is 0.527. The number of anilines is 2. The van der Waals surface area contributed by atoms with Crippen LogP contribution in [0.15, 0.2) is 28.9 Å². The van der Waals surface area contributed by atoms with Crippen LogP contribution >= 0.6 is 15.9 Å². The van der Waals surface area contributed by atoms with Crippen molar-refractivity contribution in [2.75, 3.05) is 5.32 Å². The van der Waals surface area contributed by atoms with Crippen molar-refractivity contribution >= 4 is 27.6 Å². The Balaban J connectivity index is 2.24. The lowest BCUT2D eigenvalue weighted by atomic mass is 10.2. The molecular weight excluding hydrogens is 309 g/mol. The second-order valence-corrected chi connectivity index (χ2v) is 5.86. The zero-order valence-corrected chi connectivity index (χ0v) is 12.8. The zero-order valence-electron chi connectivity index (χ0n) is 11.2. The van der Waals surface area contributed by atoms with E-state index < -0.39 is 0 Å². The summed E-state index contributed by atoms with van der Waals surface area (Å²) >= 11 is 3.18. The molecule has 0 amide bonds. The fraction of sp³-hybridized carbons (Fsp3) is 0.357. The van der Waals surface area contributed by atoms with Crippen molar-refractivity contribution in [2.45, 2.75) is 27.3 Å². The third kappa shape index (κ3) is 3.56. The van der Waals surface area contributed by atoms with Crippen LogP contribution in [-0.4, -0.2) is 9.55 Å². The Morgan fingerprint density at radius 1 is 1.42 bits per heavy atom. The normalized spacial score (nSPS) is 11.1. The van der Waals surface area contributed by atoms with Crippen molar-refractivity contribution in [3.8, 4) is 0 Å². The van der Waals surface area contributed by atoms with Crippen molar-refractivity contribution in [3.05, 3.63) is 40.4 Å². The van der Waals surface area contributed by atoms with Gasteiger partial charge in [-0.2, -0.15) is 0 Å². The van der Waals surface area contributed by atoms with Gasteiger partial charge in [0.2, 0.25) is 5.95 Å². The van der Waals surface area contributed by atoms with Crippen LogP contribution in [0.5, 0.6) is 0 Å². The summed E-state index contributed by atoms with van der Waals surface area (Å²) in [6, 6.07) is 4.83. The quantitative estimate of drug-likeness (QED) is 0.897. The summed E-state index contributed by atoms with van der Waals surface area (Å²) in [5.41, 5.74) is 1.77. The fourth-order valence-electron chi connectivity index (χ4n) is 1.88. The van der Waals surface area contributed by atoms with E-state index in [-0.39, 0.29) is 5.82 Å². The van der Waals surface area contributed by atoms with Crippen LogP contribution in [-0.2, 0) is 6.54 Å². The number of benzene rings is 1. The molecule has 19 heavy (non-hydrogen) atoms. The van der Waals surface area contributed by atoms with Gasteiger partial charge in [-0.1, -0.05) is 13.8 Å². The SMILES string of the molecule is Cc1cn(CC(C)C)c(Nc2ccc(F)c(Br)c2)n1. The molecule has 0 saturated heterocycles. The minimum atomic E-state index is -0.271. The van der Waals surface area contributed by atoms with Crippen LogP contribution < -0.4 is 5.32 Å². The lowest BCUT2D eigenvalue weighted by Gasteiger charge is -2.12. The first-order chi connectivity index (χ1) is 8.95. The molecule has 0 aliphatic rings. The summed E-state index contributed by atoms with van der Waals surface area (Å²) in [4.78, 5) is 4.45. The Bertz CT molecular complexity index is 578. The van der Waals surface area contributed by atoms with Crippen LogP contribution in [0.2, 0.25) is 0 Å². The van der Waals surface area contributed by atoms with E-state index in [1.165, 1.54) is 6.07 Å². The van der Waals surface area contributed by atoms with E-state index >= 15 is 0 Å². The average Bonchev–Trinajstić information content (AvgIpc) is 2.63. The van der Waals surface area contributed by atoms with Gasteiger partial charge in [0.15, 0.2) is 0 Å². The zero-order chi connectivity index (χ0) is 14.0. The van der Waals surface area contributed by atoms with E-state index in [4.69, 9.17) is 0 Å². The first-order valence-electron chi connectivity index (χ1n) is 6.21. The van der Waals surface area contributed by atoms with Gasteiger partial charge in [-0.15, -0.1) is 0 Å². The maximum atomic E-state index is 13.2. The third-order valence-corrected chi connectivity index (χ3v) is 3.24. The Labute approximate surface area is 121 Å². The average molecular weight is 326 g/mol. The highest BCUT2D eigenvalue weighted by atomic mass is 79.9. The Morgan fingerprint density at radius 3 is 2.79 bits per heavy atom. The number of aryl methyl sites for hydroxylation is 1. The maximum Gasteiger partial charge on any atom is 0.207 e. The van der Waals surface area contributed by atoms with Crippen LogP contribution in [0, 0.1) is 18.7 Å². The Kier molecular flexibility index (Phi) is 4.24.